The number of fused-ring (bicyclic) bond motifs is 4. The van der Waals surface area contributed by atoms with Crippen LogP contribution in [0, 0.1) is 5.82 Å². The molecule has 9 heteroatoms. The molecule has 1 atom stereocenters. The minimum atomic E-state index is -1.38. The van der Waals surface area contributed by atoms with Crippen molar-refractivity contribution in [2.24, 2.45) is 0 Å². The van der Waals surface area contributed by atoms with Crippen LogP contribution in [0.5, 0.6) is 0 Å². The van der Waals surface area contributed by atoms with Crippen LogP contribution in [0.2, 0.25) is 0 Å². The minimum absolute atomic E-state index is 0.0534. The molecule has 0 unspecified atom stereocenters. The molecular weight excluding hydrogens is 475 g/mol. The lowest BCUT2D eigenvalue weighted by molar-refractivity contribution is -0.125. The Kier molecular flexibility index (Phi) is 4.09. The number of anilines is 2. The number of carboxylic acids is 1. The highest BCUT2D eigenvalue weighted by atomic mass is 79.9. The maximum absolute atomic E-state index is 14.6. The average Bonchev–Trinajstić information content (AvgIpc) is 3.20. The Morgan fingerprint density at radius 1 is 1.17 bits per heavy atom. The molecule has 0 aliphatic carbocycles. The zero-order chi connectivity index (χ0) is 21.2. The smallest absolute Gasteiger partial charge is 0.346 e. The summed E-state index contributed by atoms with van der Waals surface area (Å²) < 4.78 is 15.3. The second-order valence-corrected chi connectivity index (χ2v) is 9.01. The van der Waals surface area contributed by atoms with Gasteiger partial charge in [-0.15, -0.1) is 11.3 Å². The SMILES string of the molecule is O=C1C[C@]2(C(=O)Nc3ccc(Br)cc32)c2sc(C(=O)O)c(-c3ccccc3F)c2N1. The van der Waals surface area contributed by atoms with Crippen molar-refractivity contribution in [3.8, 4) is 11.1 Å². The monoisotopic (exact) mass is 486 g/mol. The number of carbonyl (C=O) groups excluding carboxylic acids is 2. The summed E-state index contributed by atoms with van der Waals surface area (Å²) in [5, 5.41) is 15.3. The molecule has 2 aliphatic heterocycles. The summed E-state index contributed by atoms with van der Waals surface area (Å²) in [4.78, 5) is 38.2. The van der Waals surface area contributed by atoms with Gasteiger partial charge in [0.2, 0.25) is 11.8 Å². The summed E-state index contributed by atoms with van der Waals surface area (Å²) in [6.45, 7) is 0. The molecule has 2 aliphatic rings. The van der Waals surface area contributed by atoms with Gasteiger partial charge in [-0.05, 0) is 29.8 Å². The molecule has 3 aromatic rings. The number of thiophene rings is 1. The van der Waals surface area contributed by atoms with Crippen molar-refractivity contribution in [3.63, 3.8) is 0 Å². The lowest BCUT2D eigenvalue weighted by atomic mass is 9.74. The van der Waals surface area contributed by atoms with Crippen LogP contribution in [0.15, 0.2) is 46.9 Å². The topological polar surface area (TPSA) is 95.5 Å². The molecule has 0 bridgehead atoms. The van der Waals surface area contributed by atoms with E-state index in [1.807, 2.05) is 0 Å². The molecule has 2 amide bonds. The molecule has 150 valence electrons. The van der Waals surface area contributed by atoms with Crippen LogP contribution in [0.4, 0.5) is 15.8 Å². The van der Waals surface area contributed by atoms with Crippen molar-refractivity contribution >= 4 is 56.4 Å². The van der Waals surface area contributed by atoms with Crippen molar-refractivity contribution < 1.29 is 23.9 Å². The van der Waals surface area contributed by atoms with Gasteiger partial charge in [0.15, 0.2) is 0 Å². The first-order chi connectivity index (χ1) is 14.3. The standard InChI is InChI=1S/C21H12BrFN2O4S/c22-9-5-6-13-11(7-9)21(20(29)24-13)8-14(26)25-16-15(10-3-1-2-4-12(10)23)17(19(27)28)30-18(16)21/h1-7H,8H2,(H,24,29)(H,25,26)(H,27,28)/t21-/m1/s1. The summed E-state index contributed by atoms with van der Waals surface area (Å²) in [5.74, 6) is -2.74. The molecule has 5 rings (SSSR count). The minimum Gasteiger partial charge on any atom is -0.477 e. The van der Waals surface area contributed by atoms with Crippen molar-refractivity contribution in [2.45, 2.75) is 11.8 Å². The lowest BCUT2D eigenvalue weighted by Crippen LogP contribution is -2.42. The molecule has 1 spiro atoms. The van der Waals surface area contributed by atoms with Crippen molar-refractivity contribution in [2.75, 3.05) is 10.6 Å². The fourth-order valence-electron chi connectivity index (χ4n) is 4.16. The predicted octanol–water partition coefficient (Wildman–Crippen LogP) is 4.60. The predicted molar refractivity (Wildman–Crippen MR) is 113 cm³/mol. The van der Waals surface area contributed by atoms with Gasteiger partial charge in [-0.2, -0.15) is 0 Å². The van der Waals surface area contributed by atoms with E-state index in [-0.39, 0.29) is 28.1 Å². The Hall–Kier alpha value is -3.04. The highest BCUT2D eigenvalue weighted by molar-refractivity contribution is 9.10. The van der Waals surface area contributed by atoms with E-state index in [2.05, 4.69) is 26.6 Å². The Morgan fingerprint density at radius 2 is 1.93 bits per heavy atom. The number of halogens is 2. The fourth-order valence-corrected chi connectivity index (χ4v) is 5.83. The number of carboxylic acid groups (broad SMARTS) is 1. The summed E-state index contributed by atoms with van der Waals surface area (Å²) in [6, 6.07) is 11.0. The van der Waals surface area contributed by atoms with Crippen molar-refractivity contribution in [3.05, 3.63) is 68.1 Å². The first-order valence-corrected chi connectivity index (χ1v) is 10.5. The normalized spacial score (nSPS) is 19.3. The third-order valence-electron chi connectivity index (χ3n) is 5.40. The molecule has 1 aromatic heterocycles. The zero-order valence-electron chi connectivity index (χ0n) is 15.1. The molecule has 0 fully saturated rings. The van der Waals surface area contributed by atoms with Gasteiger partial charge in [0.05, 0.1) is 17.0 Å². The van der Waals surface area contributed by atoms with Gasteiger partial charge in [-0.3, -0.25) is 9.59 Å². The first kappa shape index (κ1) is 19.0. The van der Waals surface area contributed by atoms with E-state index in [9.17, 15) is 23.9 Å². The molecule has 2 aromatic carbocycles. The highest BCUT2D eigenvalue weighted by Crippen LogP contribution is 2.56. The van der Waals surface area contributed by atoms with Crippen LogP contribution in [-0.4, -0.2) is 22.9 Å². The maximum atomic E-state index is 14.6. The number of hydrogen-bond donors (Lipinski definition) is 3. The zero-order valence-corrected chi connectivity index (χ0v) is 17.5. The van der Waals surface area contributed by atoms with Gasteiger partial charge in [0.1, 0.15) is 16.1 Å². The summed E-state index contributed by atoms with van der Waals surface area (Å²) in [6.07, 6.45) is -0.175. The number of nitrogens with one attached hydrogen (secondary N) is 2. The molecule has 30 heavy (non-hydrogen) atoms. The molecule has 3 N–H and O–H groups in total. The second-order valence-electron chi connectivity index (χ2n) is 7.07. The Labute approximate surface area is 181 Å². The van der Waals surface area contributed by atoms with E-state index < -0.39 is 29.0 Å². The van der Waals surface area contributed by atoms with Gasteiger partial charge in [0, 0.05) is 21.3 Å². The number of amides is 2. The van der Waals surface area contributed by atoms with E-state index in [4.69, 9.17) is 0 Å². The van der Waals surface area contributed by atoms with E-state index in [0.717, 1.165) is 11.3 Å². The number of carbonyl (C=O) groups is 3. The van der Waals surface area contributed by atoms with Gasteiger partial charge < -0.3 is 15.7 Å². The van der Waals surface area contributed by atoms with E-state index in [0.29, 0.717) is 20.6 Å². The number of rotatable bonds is 2. The van der Waals surface area contributed by atoms with Gasteiger partial charge >= 0.3 is 5.97 Å². The number of aromatic carboxylic acids is 1. The molecule has 6 nitrogen and oxygen atoms in total. The molecular formula is C21H12BrFN2O4S. The summed E-state index contributed by atoms with van der Waals surface area (Å²) >= 11 is 4.29. The quantitative estimate of drug-likeness (QED) is 0.493. The Bertz CT molecular complexity index is 1290. The van der Waals surface area contributed by atoms with Crippen LogP contribution < -0.4 is 10.6 Å². The fraction of sp³-hybridized carbons (Fsp3) is 0.0952. The Morgan fingerprint density at radius 3 is 2.67 bits per heavy atom. The van der Waals surface area contributed by atoms with Crippen LogP contribution in [-0.2, 0) is 15.0 Å². The van der Waals surface area contributed by atoms with E-state index >= 15 is 0 Å². The van der Waals surface area contributed by atoms with Crippen LogP contribution in [0.1, 0.15) is 26.5 Å². The first-order valence-electron chi connectivity index (χ1n) is 8.89. The van der Waals surface area contributed by atoms with Gasteiger partial charge in [-0.25, -0.2) is 9.18 Å². The summed E-state index contributed by atoms with van der Waals surface area (Å²) in [7, 11) is 0. The van der Waals surface area contributed by atoms with Crippen molar-refractivity contribution in [1.82, 2.24) is 0 Å². The molecule has 0 saturated carbocycles. The second kappa shape index (κ2) is 6.48. The van der Waals surface area contributed by atoms with Crippen LogP contribution in [0.25, 0.3) is 11.1 Å². The van der Waals surface area contributed by atoms with Crippen LogP contribution in [0.3, 0.4) is 0 Å². The van der Waals surface area contributed by atoms with Crippen molar-refractivity contribution in [1.29, 1.82) is 0 Å². The van der Waals surface area contributed by atoms with E-state index in [1.54, 1.807) is 24.3 Å². The third kappa shape index (κ3) is 2.48. The molecule has 0 saturated heterocycles. The number of benzene rings is 2. The highest BCUT2D eigenvalue weighted by Gasteiger charge is 2.55. The van der Waals surface area contributed by atoms with Gasteiger partial charge in [-0.1, -0.05) is 34.1 Å². The third-order valence-corrected chi connectivity index (χ3v) is 7.23. The van der Waals surface area contributed by atoms with E-state index in [1.165, 1.54) is 18.2 Å². The maximum Gasteiger partial charge on any atom is 0.346 e. The number of hydrogen-bond acceptors (Lipinski definition) is 4. The van der Waals surface area contributed by atoms with Crippen LogP contribution >= 0.6 is 27.3 Å². The average molecular weight is 487 g/mol. The summed E-state index contributed by atoms with van der Waals surface area (Å²) in [5.41, 5.74) is 0.0521. The molecule has 0 radical (unpaired) electrons. The van der Waals surface area contributed by atoms with Gasteiger partial charge in [0.25, 0.3) is 0 Å². The Balaban J connectivity index is 1.88. The lowest BCUT2D eigenvalue weighted by Gasteiger charge is -2.31. The largest absolute Gasteiger partial charge is 0.477 e. The molecule has 3 heterocycles.